The Hall–Kier alpha value is -2.70. The Labute approximate surface area is 140 Å². The molecule has 1 fully saturated rings. The minimum atomic E-state index is -0.140. The molecule has 0 spiro atoms. The van der Waals surface area contributed by atoms with E-state index in [9.17, 15) is 9.59 Å². The maximum Gasteiger partial charge on any atom is 0.246 e. The van der Waals surface area contributed by atoms with E-state index < -0.39 is 0 Å². The highest BCUT2D eigenvalue weighted by Crippen LogP contribution is 2.24. The van der Waals surface area contributed by atoms with Crippen LogP contribution in [0, 0.1) is 13.8 Å². The van der Waals surface area contributed by atoms with Gasteiger partial charge in [-0.2, -0.15) is 0 Å². The monoisotopic (exact) mass is 328 g/mol. The summed E-state index contributed by atoms with van der Waals surface area (Å²) in [4.78, 5) is 28.5. The summed E-state index contributed by atoms with van der Waals surface area (Å²) in [6.07, 6.45) is 0.0946. The quantitative estimate of drug-likeness (QED) is 0.853. The van der Waals surface area contributed by atoms with Gasteiger partial charge in [0.25, 0.3) is 0 Å². The zero-order chi connectivity index (χ0) is 17.3. The van der Waals surface area contributed by atoms with Gasteiger partial charge in [-0.05, 0) is 32.4 Å². The lowest BCUT2D eigenvalue weighted by Gasteiger charge is -2.39. The highest BCUT2D eigenvalue weighted by molar-refractivity contribution is 5.98. The Morgan fingerprint density at radius 3 is 2.71 bits per heavy atom. The standard InChI is InChI=1S/C17H20N4O3/c1-11-6-4-5-7-15(11)21-9-12(2)20(10-17(21)23)16(22)8-14-13(3)18-24-19-14/h4-7,12H,8-10H2,1-3H3/t12-/m0/s1. The fraction of sp³-hybridized carbons (Fsp3) is 0.412. The van der Waals surface area contributed by atoms with E-state index in [1.54, 1.807) is 16.7 Å². The first-order valence-corrected chi connectivity index (χ1v) is 7.91. The number of amides is 2. The number of hydrogen-bond donors (Lipinski definition) is 0. The van der Waals surface area contributed by atoms with Crippen molar-refractivity contribution in [3.8, 4) is 0 Å². The Kier molecular flexibility index (Phi) is 4.33. The number of para-hydroxylation sites is 1. The second kappa shape index (κ2) is 6.43. The molecule has 1 atom stereocenters. The summed E-state index contributed by atoms with van der Waals surface area (Å²) in [5, 5.41) is 7.42. The van der Waals surface area contributed by atoms with Gasteiger partial charge in [0, 0.05) is 18.3 Å². The molecule has 0 saturated carbocycles. The predicted molar refractivity (Wildman–Crippen MR) is 87.4 cm³/mol. The summed E-state index contributed by atoms with van der Waals surface area (Å²) in [7, 11) is 0. The van der Waals surface area contributed by atoms with Crippen molar-refractivity contribution in [1.82, 2.24) is 15.2 Å². The third kappa shape index (κ3) is 3.02. The molecule has 1 aliphatic heterocycles. The van der Waals surface area contributed by atoms with Gasteiger partial charge in [-0.25, -0.2) is 4.63 Å². The number of carbonyl (C=O) groups is 2. The summed E-state index contributed by atoms with van der Waals surface area (Å²) in [5.74, 6) is -0.218. The molecule has 3 rings (SSSR count). The summed E-state index contributed by atoms with van der Waals surface area (Å²) < 4.78 is 4.62. The predicted octanol–water partition coefficient (Wildman–Crippen LogP) is 1.49. The van der Waals surface area contributed by atoms with Crippen LogP contribution < -0.4 is 4.90 Å². The van der Waals surface area contributed by atoms with Crippen molar-refractivity contribution in [1.29, 1.82) is 0 Å². The molecule has 2 heterocycles. The minimum Gasteiger partial charge on any atom is -0.329 e. The topological polar surface area (TPSA) is 79.5 Å². The molecule has 0 aliphatic carbocycles. The Balaban J connectivity index is 1.74. The number of aryl methyl sites for hydroxylation is 2. The van der Waals surface area contributed by atoms with Crippen LogP contribution in [0.2, 0.25) is 0 Å². The maximum absolute atomic E-state index is 12.6. The maximum atomic E-state index is 12.6. The fourth-order valence-electron chi connectivity index (χ4n) is 2.94. The Morgan fingerprint density at radius 2 is 2.04 bits per heavy atom. The van der Waals surface area contributed by atoms with E-state index >= 15 is 0 Å². The van der Waals surface area contributed by atoms with Gasteiger partial charge in [0.15, 0.2) is 0 Å². The van der Waals surface area contributed by atoms with Crippen molar-refractivity contribution in [2.75, 3.05) is 18.0 Å². The molecule has 126 valence electrons. The smallest absolute Gasteiger partial charge is 0.246 e. The summed E-state index contributed by atoms with van der Waals surface area (Å²) >= 11 is 0. The lowest BCUT2D eigenvalue weighted by molar-refractivity contribution is -0.138. The average Bonchev–Trinajstić information content (AvgIpc) is 2.95. The molecule has 0 unspecified atom stereocenters. The van der Waals surface area contributed by atoms with Crippen LogP contribution in [-0.2, 0) is 16.0 Å². The molecule has 1 saturated heterocycles. The summed E-state index contributed by atoms with van der Waals surface area (Å²) in [5.41, 5.74) is 3.06. The van der Waals surface area contributed by atoms with Gasteiger partial charge in [0.2, 0.25) is 11.8 Å². The van der Waals surface area contributed by atoms with E-state index in [1.807, 2.05) is 38.1 Å². The first-order chi connectivity index (χ1) is 11.5. The van der Waals surface area contributed by atoms with Crippen molar-refractivity contribution in [3.63, 3.8) is 0 Å². The first kappa shape index (κ1) is 16.2. The average molecular weight is 328 g/mol. The molecular formula is C17H20N4O3. The SMILES string of the molecule is Cc1ccccc1N1C[C@H](C)N(C(=O)Cc2nonc2C)CC1=O. The van der Waals surface area contributed by atoms with Crippen LogP contribution >= 0.6 is 0 Å². The second-order valence-corrected chi connectivity index (χ2v) is 6.13. The first-order valence-electron chi connectivity index (χ1n) is 7.91. The molecule has 1 aliphatic rings. The van der Waals surface area contributed by atoms with Crippen molar-refractivity contribution in [3.05, 3.63) is 41.2 Å². The van der Waals surface area contributed by atoms with E-state index in [4.69, 9.17) is 0 Å². The molecule has 7 heteroatoms. The normalized spacial score (nSPS) is 18.1. The number of aromatic nitrogens is 2. The number of hydrogen-bond acceptors (Lipinski definition) is 5. The third-order valence-corrected chi connectivity index (χ3v) is 4.38. The van der Waals surface area contributed by atoms with Gasteiger partial charge in [-0.3, -0.25) is 9.59 Å². The molecule has 7 nitrogen and oxygen atoms in total. The third-order valence-electron chi connectivity index (χ3n) is 4.38. The van der Waals surface area contributed by atoms with Crippen LogP contribution in [0.15, 0.2) is 28.9 Å². The fourth-order valence-corrected chi connectivity index (χ4v) is 2.94. The molecule has 0 N–H and O–H groups in total. The second-order valence-electron chi connectivity index (χ2n) is 6.13. The van der Waals surface area contributed by atoms with Gasteiger partial charge < -0.3 is 9.80 Å². The van der Waals surface area contributed by atoms with Gasteiger partial charge >= 0.3 is 0 Å². The van der Waals surface area contributed by atoms with Gasteiger partial charge in [0.05, 0.1) is 6.42 Å². The number of carbonyl (C=O) groups excluding carboxylic acids is 2. The Bertz CT molecular complexity index is 771. The minimum absolute atomic E-state index is 0.0681. The van der Waals surface area contributed by atoms with Crippen molar-refractivity contribution < 1.29 is 14.2 Å². The van der Waals surface area contributed by atoms with E-state index in [1.165, 1.54) is 0 Å². The Morgan fingerprint density at radius 1 is 1.29 bits per heavy atom. The van der Waals surface area contributed by atoms with Crippen LogP contribution in [0.5, 0.6) is 0 Å². The van der Waals surface area contributed by atoms with Crippen molar-refractivity contribution in [2.24, 2.45) is 0 Å². The lowest BCUT2D eigenvalue weighted by atomic mass is 10.1. The van der Waals surface area contributed by atoms with Gasteiger partial charge in [-0.1, -0.05) is 28.5 Å². The summed E-state index contributed by atoms with van der Waals surface area (Å²) in [6, 6.07) is 7.70. The van der Waals surface area contributed by atoms with Crippen LogP contribution in [0.3, 0.4) is 0 Å². The molecule has 24 heavy (non-hydrogen) atoms. The van der Waals surface area contributed by atoms with E-state index in [0.717, 1.165) is 11.3 Å². The molecular weight excluding hydrogens is 308 g/mol. The van der Waals surface area contributed by atoms with E-state index in [-0.39, 0.29) is 30.8 Å². The number of piperazine rings is 1. The van der Waals surface area contributed by atoms with Crippen molar-refractivity contribution >= 4 is 17.5 Å². The molecule has 0 radical (unpaired) electrons. The number of benzene rings is 1. The van der Waals surface area contributed by atoms with Crippen LogP contribution in [0.4, 0.5) is 5.69 Å². The molecule has 1 aromatic carbocycles. The van der Waals surface area contributed by atoms with Crippen molar-refractivity contribution in [2.45, 2.75) is 33.2 Å². The molecule has 1 aromatic heterocycles. The van der Waals surface area contributed by atoms with Gasteiger partial charge in [0.1, 0.15) is 17.9 Å². The lowest BCUT2D eigenvalue weighted by Crippen LogP contribution is -2.57. The van der Waals surface area contributed by atoms with Crippen LogP contribution in [0.25, 0.3) is 0 Å². The van der Waals surface area contributed by atoms with Gasteiger partial charge in [-0.15, -0.1) is 0 Å². The highest BCUT2D eigenvalue weighted by Gasteiger charge is 2.34. The number of rotatable bonds is 3. The highest BCUT2D eigenvalue weighted by atomic mass is 16.6. The largest absolute Gasteiger partial charge is 0.329 e. The zero-order valence-corrected chi connectivity index (χ0v) is 14.0. The van der Waals surface area contributed by atoms with Crippen LogP contribution in [-0.4, -0.2) is 46.2 Å². The molecule has 2 amide bonds. The number of nitrogens with zero attached hydrogens (tertiary/aromatic N) is 4. The van der Waals surface area contributed by atoms with E-state index in [2.05, 4.69) is 14.9 Å². The summed E-state index contributed by atoms with van der Waals surface area (Å²) in [6.45, 7) is 6.21. The van der Waals surface area contributed by atoms with Crippen LogP contribution in [0.1, 0.15) is 23.9 Å². The molecule has 0 bridgehead atoms. The van der Waals surface area contributed by atoms with E-state index in [0.29, 0.717) is 17.9 Å². The zero-order valence-electron chi connectivity index (χ0n) is 14.0. The number of anilines is 1. The molecule has 2 aromatic rings.